The Hall–Kier alpha value is -3.09. The van der Waals surface area contributed by atoms with E-state index in [1.165, 1.54) is 6.20 Å². The molecule has 2 rings (SSSR count). The number of rotatable bonds is 5. The molecule has 1 aromatic heterocycles. The highest BCUT2D eigenvalue weighted by molar-refractivity contribution is 5.89. The number of aromatic nitrogens is 1. The Morgan fingerprint density at radius 1 is 1.27 bits per heavy atom. The first-order valence-electron chi connectivity index (χ1n) is 9.99. The summed E-state index contributed by atoms with van der Waals surface area (Å²) in [7, 11) is 0. The van der Waals surface area contributed by atoms with E-state index in [4.69, 9.17) is 24.1 Å². The molecular formula is C20H28F3N3O7. The summed E-state index contributed by atoms with van der Waals surface area (Å²) in [6, 6.07) is 3.49. The number of carbonyl (C=O) groups is 3. The number of amides is 1. The minimum atomic E-state index is -5.08. The molecule has 0 radical (unpaired) electrons. The number of hydrogen-bond acceptors (Lipinski definition) is 8. The average molecular weight is 479 g/mol. The lowest BCUT2D eigenvalue weighted by Crippen LogP contribution is -2.48. The van der Waals surface area contributed by atoms with Crippen LogP contribution in [0, 0.1) is 0 Å². The van der Waals surface area contributed by atoms with Gasteiger partial charge < -0.3 is 29.5 Å². The fourth-order valence-corrected chi connectivity index (χ4v) is 2.47. The predicted molar refractivity (Wildman–Crippen MR) is 110 cm³/mol. The molecule has 0 aliphatic carbocycles. The quantitative estimate of drug-likeness (QED) is 0.613. The molecule has 1 aliphatic rings. The third kappa shape index (κ3) is 10.9. The second kappa shape index (κ2) is 12.2. The van der Waals surface area contributed by atoms with E-state index >= 15 is 0 Å². The Kier molecular flexibility index (Phi) is 10.4. The van der Waals surface area contributed by atoms with Crippen LogP contribution in [-0.4, -0.2) is 78.9 Å². The van der Waals surface area contributed by atoms with Crippen LogP contribution in [0.2, 0.25) is 0 Å². The minimum Gasteiger partial charge on any atom is -0.475 e. The van der Waals surface area contributed by atoms with E-state index in [1.54, 1.807) is 19.1 Å². The highest BCUT2D eigenvalue weighted by atomic mass is 19.4. The summed E-state index contributed by atoms with van der Waals surface area (Å²) >= 11 is 0. The molecule has 186 valence electrons. The van der Waals surface area contributed by atoms with Crippen LogP contribution in [0.15, 0.2) is 18.3 Å². The second-order valence-corrected chi connectivity index (χ2v) is 7.75. The molecule has 1 aromatic rings. The monoisotopic (exact) mass is 479 g/mol. The van der Waals surface area contributed by atoms with E-state index < -0.39 is 23.8 Å². The van der Waals surface area contributed by atoms with E-state index in [9.17, 15) is 22.8 Å². The summed E-state index contributed by atoms with van der Waals surface area (Å²) in [6.07, 6.45) is -4.20. The maximum atomic E-state index is 11.7. The van der Waals surface area contributed by atoms with Crippen LogP contribution >= 0.6 is 0 Å². The standard InChI is InChI=1S/C18H27N3O5.C2HF3O2/c1-5-24-16(22)13-6-7-15(19-10-13)21-8-9-25-14(12-21)11-20-17(23)26-18(2,3)4;3-2(4,5)1(6)7/h6-7,10,14H,5,8-9,11-12H2,1-4H3,(H,20,23);(H,6,7). The van der Waals surface area contributed by atoms with E-state index in [2.05, 4.69) is 15.2 Å². The van der Waals surface area contributed by atoms with Gasteiger partial charge in [-0.2, -0.15) is 13.2 Å². The zero-order valence-corrected chi connectivity index (χ0v) is 18.8. The lowest BCUT2D eigenvalue weighted by molar-refractivity contribution is -0.192. The van der Waals surface area contributed by atoms with Crippen molar-refractivity contribution in [2.75, 3.05) is 37.7 Å². The Balaban J connectivity index is 0.000000675. The number of carboxylic acid groups (broad SMARTS) is 1. The molecule has 10 nitrogen and oxygen atoms in total. The van der Waals surface area contributed by atoms with Gasteiger partial charge in [0.05, 0.1) is 24.9 Å². The number of nitrogens with one attached hydrogen (secondary N) is 1. The van der Waals surface area contributed by atoms with Crippen molar-refractivity contribution in [1.29, 1.82) is 0 Å². The van der Waals surface area contributed by atoms with Crippen molar-refractivity contribution in [2.24, 2.45) is 0 Å². The van der Waals surface area contributed by atoms with Crippen molar-refractivity contribution in [3.8, 4) is 0 Å². The average Bonchev–Trinajstić information content (AvgIpc) is 2.71. The number of halogens is 3. The summed E-state index contributed by atoms with van der Waals surface area (Å²) in [4.78, 5) is 38.7. The van der Waals surface area contributed by atoms with Gasteiger partial charge in [0.15, 0.2) is 0 Å². The molecule has 1 atom stereocenters. The molecule has 1 fully saturated rings. The summed E-state index contributed by atoms with van der Waals surface area (Å²) in [5, 5.41) is 9.85. The predicted octanol–water partition coefficient (Wildman–Crippen LogP) is 2.62. The van der Waals surface area contributed by atoms with Crippen LogP contribution < -0.4 is 10.2 Å². The van der Waals surface area contributed by atoms with Gasteiger partial charge in [-0.25, -0.2) is 19.4 Å². The zero-order valence-electron chi connectivity index (χ0n) is 18.8. The Labute approximate surface area is 189 Å². The molecule has 1 unspecified atom stereocenters. The van der Waals surface area contributed by atoms with E-state index in [-0.39, 0.29) is 12.1 Å². The lowest BCUT2D eigenvalue weighted by atomic mass is 10.2. The van der Waals surface area contributed by atoms with Crippen LogP contribution in [0.4, 0.5) is 23.8 Å². The molecule has 0 bridgehead atoms. The van der Waals surface area contributed by atoms with Gasteiger partial charge in [0, 0.05) is 25.8 Å². The van der Waals surface area contributed by atoms with Gasteiger partial charge in [0.2, 0.25) is 0 Å². The van der Waals surface area contributed by atoms with Crippen LogP contribution in [-0.2, 0) is 19.0 Å². The van der Waals surface area contributed by atoms with Crippen molar-refractivity contribution in [3.63, 3.8) is 0 Å². The number of aliphatic carboxylic acids is 1. The summed E-state index contributed by atoms with van der Waals surface area (Å²) in [6.45, 7) is 9.70. The Bertz CT molecular complexity index is 796. The molecule has 1 saturated heterocycles. The van der Waals surface area contributed by atoms with E-state index in [0.717, 1.165) is 5.82 Å². The highest BCUT2D eigenvalue weighted by Gasteiger charge is 2.38. The number of alkyl halides is 3. The van der Waals surface area contributed by atoms with Crippen molar-refractivity contribution in [1.82, 2.24) is 10.3 Å². The number of esters is 1. The van der Waals surface area contributed by atoms with Gasteiger partial charge in [0.1, 0.15) is 11.4 Å². The molecule has 0 saturated carbocycles. The minimum absolute atomic E-state index is 0.164. The Morgan fingerprint density at radius 3 is 2.39 bits per heavy atom. The van der Waals surface area contributed by atoms with Gasteiger partial charge in [-0.15, -0.1) is 0 Å². The van der Waals surface area contributed by atoms with Crippen LogP contribution in [0.3, 0.4) is 0 Å². The number of anilines is 1. The number of carboxylic acids is 1. The number of hydrogen-bond donors (Lipinski definition) is 2. The number of alkyl carbamates (subject to hydrolysis) is 1. The molecule has 2 heterocycles. The first kappa shape index (κ1) is 27.9. The highest BCUT2D eigenvalue weighted by Crippen LogP contribution is 2.16. The van der Waals surface area contributed by atoms with Crippen LogP contribution in [0.25, 0.3) is 0 Å². The van der Waals surface area contributed by atoms with E-state index in [0.29, 0.717) is 38.4 Å². The van der Waals surface area contributed by atoms with Gasteiger partial charge in [-0.05, 0) is 39.8 Å². The molecule has 33 heavy (non-hydrogen) atoms. The van der Waals surface area contributed by atoms with Crippen LogP contribution in [0.5, 0.6) is 0 Å². The summed E-state index contributed by atoms with van der Waals surface area (Å²) in [5.74, 6) is -2.39. The number of nitrogens with zero attached hydrogens (tertiary/aromatic N) is 2. The summed E-state index contributed by atoms with van der Waals surface area (Å²) in [5.41, 5.74) is -0.110. The summed E-state index contributed by atoms with van der Waals surface area (Å²) < 4.78 is 47.6. The van der Waals surface area contributed by atoms with Crippen molar-refractivity contribution < 1.29 is 46.9 Å². The largest absolute Gasteiger partial charge is 0.490 e. The van der Waals surface area contributed by atoms with Crippen molar-refractivity contribution in [2.45, 2.75) is 45.6 Å². The molecule has 2 N–H and O–H groups in total. The van der Waals surface area contributed by atoms with E-state index in [1.807, 2.05) is 20.8 Å². The third-order valence-electron chi connectivity index (χ3n) is 3.84. The van der Waals surface area contributed by atoms with Gasteiger partial charge in [-0.3, -0.25) is 0 Å². The normalized spacial score (nSPS) is 16.2. The third-order valence-corrected chi connectivity index (χ3v) is 3.84. The number of ether oxygens (including phenoxy) is 3. The molecule has 0 spiro atoms. The fraction of sp³-hybridized carbons (Fsp3) is 0.600. The maximum Gasteiger partial charge on any atom is 0.490 e. The molecule has 13 heteroatoms. The second-order valence-electron chi connectivity index (χ2n) is 7.75. The molecule has 1 amide bonds. The van der Waals surface area contributed by atoms with Gasteiger partial charge in [-0.1, -0.05) is 0 Å². The number of carbonyl (C=O) groups excluding carboxylic acids is 2. The fourth-order valence-electron chi connectivity index (χ4n) is 2.47. The number of pyridine rings is 1. The van der Waals surface area contributed by atoms with Gasteiger partial charge >= 0.3 is 24.2 Å². The first-order valence-corrected chi connectivity index (χ1v) is 9.99. The molecule has 1 aliphatic heterocycles. The molecule has 0 aromatic carbocycles. The SMILES string of the molecule is CCOC(=O)c1ccc(N2CCOC(CNC(=O)OC(C)(C)C)C2)nc1.O=C(O)C(F)(F)F. The maximum absolute atomic E-state index is 11.7. The van der Waals surface area contributed by atoms with Crippen molar-refractivity contribution in [3.05, 3.63) is 23.9 Å². The number of morpholine rings is 1. The topological polar surface area (TPSA) is 127 Å². The lowest BCUT2D eigenvalue weighted by Gasteiger charge is -2.34. The zero-order chi connectivity index (χ0) is 25.2. The van der Waals surface area contributed by atoms with Gasteiger partial charge in [0.25, 0.3) is 0 Å². The van der Waals surface area contributed by atoms with Crippen molar-refractivity contribution >= 4 is 23.8 Å². The Morgan fingerprint density at radius 2 is 1.91 bits per heavy atom. The smallest absolute Gasteiger partial charge is 0.475 e. The first-order chi connectivity index (χ1) is 15.2. The molecular weight excluding hydrogens is 451 g/mol. The van der Waals surface area contributed by atoms with Crippen LogP contribution in [0.1, 0.15) is 38.1 Å².